The predicted octanol–water partition coefficient (Wildman–Crippen LogP) is -1.57. The van der Waals surface area contributed by atoms with Gasteiger partial charge in [-0.3, -0.25) is 9.69 Å². The second-order valence-corrected chi connectivity index (χ2v) is 5.84. The summed E-state index contributed by atoms with van der Waals surface area (Å²) in [6.07, 6.45) is 0.217. The SMILES string of the molecule is CS(=O)(=O)NC[C@@H]1C[C@H](F)CN1CC(N)=O. The summed E-state index contributed by atoms with van der Waals surface area (Å²) < 4.78 is 37.2. The molecule has 0 saturated carbocycles. The van der Waals surface area contributed by atoms with Crippen molar-refractivity contribution in [2.45, 2.75) is 18.6 Å². The average molecular weight is 253 g/mol. The molecule has 0 aromatic heterocycles. The molecule has 94 valence electrons. The number of nitrogens with one attached hydrogen (secondary N) is 1. The van der Waals surface area contributed by atoms with Gasteiger partial charge in [0.15, 0.2) is 0 Å². The van der Waals surface area contributed by atoms with E-state index < -0.39 is 22.1 Å². The Morgan fingerprint density at radius 1 is 1.62 bits per heavy atom. The molecule has 1 fully saturated rings. The van der Waals surface area contributed by atoms with Gasteiger partial charge in [-0.25, -0.2) is 17.5 Å². The Hall–Kier alpha value is -0.730. The Morgan fingerprint density at radius 2 is 2.25 bits per heavy atom. The molecule has 2 atom stereocenters. The number of likely N-dealkylation sites (tertiary alicyclic amines) is 1. The monoisotopic (exact) mass is 253 g/mol. The first-order valence-electron chi connectivity index (χ1n) is 4.89. The van der Waals surface area contributed by atoms with Crippen LogP contribution in [-0.2, 0) is 14.8 Å². The molecule has 1 heterocycles. The van der Waals surface area contributed by atoms with Crippen LogP contribution in [0.5, 0.6) is 0 Å². The van der Waals surface area contributed by atoms with Crippen LogP contribution in [0.15, 0.2) is 0 Å². The van der Waals surface area contributed by atoms with Gasteiger partial charge in [-0.15, -0.1) is 0 Å². The Balaban J connectivity index is 2.52. The van der Waals surface area contributed by atoms with Crippen molar-refractivity contribution in [3.05, 3.63) is 0 Å². The highest BCUT2D eigenvalue weighted by molar-refractivity contribution is 7.88. The molecular weight excluding hydrogens is 237 g/mol. The first-order chi connectivity index (χ1) is 7.28. The minimum absolute atomic E-state index is 0.0451. The fraction of sp³-hybridized carbons (Fsp3) is 0.875. The van der Waals surface area contributed by atoms with Crippen molar-refractivity contribution in [3.63, 3.8) is 0 Å². The number of carbonyl (C=O) groups excluding carboxylic acids is 1. The number of sulfonamides is 1. The van der Waals surface area contributed by atoms with Gasteiger partial charge in [0.1, 0.15) is 6.17 Å². The largest absolute Gasteiger partial charge is 0.369 e. The maximum Gasteiger partial charge on any atom is 0.231 e. The first kappa shape index (κ1) is 13.3. The van der Waals surface area contributed by atoms with Crippen LogP contribution in [0.4, 0.5) is 4.39 Å². The number of alkyl halides is 1. The lowest BCUT2D eigenvalue weighted by Gasteiger charge is -2.22. The summed E-state index contributed by atoms with van der Waals surface area (Å²) in [7, 11) is -3.30. The van der Waals surface area contributed by atoms with E-state index in [1.165, 1.54) is 0 Å². The summed E-state index contributed by atoms with van der Waals surface area (Å²) in [4.78, 5) is 12.3. The third-order valence-electron chi connectivity index (χ3n) is 2.42. The number of amides is 1. The zero-order valence-corrected chi connectivity index (χ0v) is 9.84. The highest BCUT2D eigenvalue weighted by Crippen LogP contribution is 2.19. The molecule has 16 heavy (non-hydrogen) atoms. The summed E-state index contributed by atoms with van der Waals surface area (Å²) in [5, 5.41) is 0. The van der Waals surface area contributed by atoms with E-state index in [0.717, 1.165) is 6.26 Å². The van der Waals surface area contributed by atoms with Gasteiger partial charge in [-0.1, -0.05) is 0 Å². The number of hydrogen-bond acceptors (Lipinski definition) is 4. The van der Waals surface area contributed by atoms with Crippen LogP contribution in [0.3, 0.4) is 0 Å². The molecule has 1 amide bonds. The molecule has 8 heteroatoms. The molecule has 0 aliphatic carbocycles. The van der Waals surface area contributed by atoms with Crippen LogP contribution in [0.1, 0.15) is 6.42 Å². The number of halogens is 1. The minimum atomic E-state index is -3.30. The molecule has 0 aromatic rings. The third kappa shape index (κ3) is 4.42. The average Bonchev–Trinajstić information content (AvgIpc) is 2.40. The van der Waals surface area contributed by atoms with Gasteiger partial charge in [0.2, 0.25) is 15.9 Å². The maximum atomic E-state index is 13.1. The van der Waals surface area contributed by atoms with E-state index >= 15 is 0 Å². The molecule has 1 saturated heterocycles. The molecular formula is C8H16FN3O3S. The van der Waals surface area contributed by atoms with Crippen LogP contribution in [0, 0.1) is 0 Å². The molecule has 3 N–H and O–H groups in total. The van der Waals surface area contributed by atoms with Crippen molar-refractivity contribution < 1.29 is 17.6 Å². The predicted molar refractivity (Wildman–Crippen MR) is 56.9 cm³/mol. The van der Waals surface area contributed by atoms with Gasteiger partial charge in [0.25, 0.3) is 0 Å². The number of primary amides is 1. The quantitative estimate of drug-likeness (QED) is 0.619. The first-order valence-corrected chi connectivity index (χ1v) is 6.78. The molecule has 6 nitrogen and oxygen atoms in total. The second kappa shape index (κ2) is 5.07. The summed E-state index contributed by atoms with van der Waals surface area (Å²) >= 11 is 0. The van der Waals surface area contributed by atoms with Gasteiger partial charge in [0, 0.05) is 19.1 Å². The Kier molecular flexibility index (Phi) is 4.22. The van der Waals surface area contributed by atoms with E-state index in [-0.39, 0.29) is 32.1 Å². The van der Waals surface area contributed by atoms with Crippen LogP contribution in [-0.4, -0.2) is 57.3 Å². The Labute approximate surface area is 94.0 Å². The second-order valence-electron chi connectivity index (χ2n) is 4.00. The van der Waals surface area contributed by atoms with Crippen molar-refractivity contribution in [3.8, 4) is 0 Å². The summed E-state index contributed by atoms with van der Waals surface area (Å²) in [6.45, 7) is 0.183. The molecule has 1 aliphatic rings. The number of nitrogens with two attached hydrogens (primary N) is 1. The van der Waals surface area contributed by atoms with Crippen molar-refractivity contribution in [1.82, 2.24) is 9.62 Å². The zero-order valence-electron chi connectivity index (χ0n) is 9.02. The van der Waals surface area contributed by atoms with Crippen molar-refractivity contribution in [2.75, 3.05) is 25.9 Å². The normalized spacial score (nSPS) is 27.1. The van der Waals surface area contributed by atoms with Crippen LogP contribution in [0.2, 0.25) is 0 Å². The van der Waals surface area contributed by atoms with E-state index in [9.17, 15) is 17.6 Å². The maximum absolute atomic E-state index is 13.1. The number of rotatable bonds is 5. The molecule has 1 rings (SSSR count). The van der Waals surface area contributed by atoms with Gasteiger partial charge in [-0.2, -0.15) is 0 Å². The van der Waals surface area contributed by atoms with E-state index in [1.54, 1.807) is 4.90 Å². The Bertz CT molecular complexity index is 360. The lowest BCUT2D eigenvalue weighted by Crippen LogP contribution is -2.43. The minimum Gasteiger partial charge on any atom is -0.369 e. The lowest BCUT2D eigenvalue weighted by atomic mass is 10.2. The fourth-order valence-electron chi connectivity index (χ4n) is 1.78. The van der Waals surface area contributed by atoms with Crippen LogP contribution >= 0.6 is 0 Å². The zero-order chi connectivity index (χ0) is 12.3. The molecule has 0 aromatic carbocycles. The lowest BCUT2D eigenvalue weighted by molar-refractivity contribution is -0.119. The molecule has 0 radical (unpaired) electrons. The van der Waals surface area contributed by atoms with E-state index in [4.69, 9.17) is 5.73 Å². The Morgan fingerprint density at radius 3 is 2.75 bits per heavy atom. The van der Waals surface area contributed by atoms with Gasteiger partial charge in [-0.05, 0) is 6.42 Å². The third-order valence-corrected chi connectivity index (χ3v) is 3.11. The van der Waals surface area contributed by atoms with Gasteiger partial charge >= 0.3 is 0 Å². The summed E-state index contributed by atoms with van der Waals surface area (Å²) in [6, 6.07) is -0.308. The van der Waals surface area contributed by atoms with Crippen LogP contribution in [0.25, 0.3) is 0 Å². The van der Waals surface area contributed by atoms with E-state index in [0.29, 0.717) is 0 Å². The van der Waals surface area contributed by atoms with E-state index in [2.05, 4.69) is 4.72 Å². The summed E-state index contributed by atoms with van der Waals surface area (Å²) in [5.74, 6) is -0.543. The number of carbonyl (C=O) groups is 1. The van der Waals surface area contributed by atoms with Crippen molar-refractivity contribution >= 4 is 15.9 Å². The van der Waals surface area contributed by atoms with Crippen molar-refractivity contribution in [2.24, 2.45) is 5.73 Å². The summed E-state index contributed by atoms with van der Waals surface area (Å²) in [5.41, 5.74) is 5.02. The molecule has 0 bridgehead atoms. The fourth-order valence-corrected chi connectivity index (χ4v) is 2.27. The number of nitrogens with zero attached hydrogens (tertiary/aromatic N) is 1. The van der Waals surface area contributed by atoms with E-state index in [1.807, 2.05) is 0 Å². The van der Waals surface area contributed by atoms with Crippen molar-refractivity contribution in [1.29, 1.82) is 0 Å². The van der Waals surface area contributed by atoms with Gasteiger partial charge < -0.3 is 5.73 Å². The van der Waals surface area contributed by atoms with Gasteiger partial charge in [0.05, 0.1) is 12.8 Å². The smallest absolute Gasteiger partial charge is 0.231 e. The highest BCUT2D eigenvalue weighted by Gasteiger charge is 2.32. The highest BCUT2D eigenvalue weighted by atomic mass is 32.2. The topological polar surface area (TPSA) is 92.5 Å². The standard InChI is InChI=1S/C8H16FN3O3S/c1-16(14,15)11-3-7-2-6(9)4-12(7)5-8(10)13/h6-7,11H,2-5H2,1H3,(H2,10,13)/t6-,7-/m0/s1. The van der Waals surface area contributed by atoms with Crippen LogP contribution < -0.4 is 10.5 Å². The number of hydrogen-bond donors (Lipinski definition) is 2. The molecule has 0 spiro atoms. The molecule has 0 unspecified atom stereocenters. The molecule has 1 aliphatic heterocycles.